The number of hydrogen-bond acceptors (Lipinski definition) is 4. The van der Waals surface area contributed by atoms with E-state index in [4.69, 9.17) is 21.6 Å². The zero-order valence-corrected chi connectivity index (χ0v) is 12.0. The number of nitrogens with zero attached hydrogens (tertiary/aromatic N) is 1. The first kappa shape index (κ1) is 15.3. The molecule has 0 amide bonds. The summed E-state index contributed by atoms with van der Waals surface area (Å²) in [5, 5.41) is 12.6. The van der Waals surface area contributed by atoms with Crippen molar-refractivity contribution in [1.82, 2.24) is 0 Å². The second-order valence-electron chi connectivity index (χ2n) is 4.65. The second kappa shape index (κ2) is 7.01. The van der Waals surface area contributed by atoms with Gasteiger partial charge < -0.3 is 10.1 Å². The number of ether oxygens (including phenoxy) is 1. The lowest BCUT2D eigenvalue weighted by molar-refractivity contribution is -0.141. The molecular weight excluding hydrogens is 264 g/mol. The van der Waals surface area contributed by atoms with Gasteiger partial charge in [-0.3, -0.25) is 0 Å². The van der Waals surface area contributed by atoms with Crippen molar-refractivity contribution in [3.63, 3.8) is 0 Å². The van der Waals surface area contributed by atoms with Gasteiger partial charge in [0.2, 0.25) is 0 Å². The molecule has 0 aromatic heterocycles. The number of benzene rings is 1. The fourth-order valence-electron chi connectivity index (χ4n) is 1.75. The number of nitrogens with one attached hydrogen (secondary N) is 1. The smallest absolute Gasteiger partial charge is 0.328 e. The number of methoxy groups -OCH3 is 1. The molecule has 1 aromatic rings. The summed E-state index contributed by atoms with van der Waals surface area (Å²) in [6.45, 7) is 4.04. The fourth-order valence-corrected chi connectivity index (χ4v) is 1.92. The largest absolute Gasteiger partial charge is 0.467 e. The minimum atomic E-state index is -0.474. The molecule has 0 aliphatic rings. The average molecular weight is 281 g/mol. The summed E-state index contributed by atoms with van der Waals surface area (Å²) in [5.74, 6) is -0.0121. The van der Waals surface area contributed by atoms with Crippen molar-refractivity contribution in [3.05, 3.63) is 28.8 Å². The molecular formula is C14H17ClN2O2. The molecule has 0 radical (unpaired) electrons. The highest BCUT2D eigenvalue weighted by molar-refractivity contribution is 6.30. The number of halogens is 1. The minimum Gasteiger partial charge on any atom is -0.467 e. The van der Waals surface area contributed by atoms with Crippen LogP contribution in [0.15, 0.2) is 18.2 Å². The molecule has 19 heavy (non-hydrogen) atoms. The highest BCUT2D eigenvalue weighted by Gasteiger charge is 2.21. The molecule has 0 heterocycles. The summed E-state index contributed by atoms with van der Waals surface area (Å²) < 4.78 is 4.77. The normalized spacial score (nSPS) is 11.8. The summed E-state index contributed by atoms with van der Waals surface area (Å²) in [6.07, 6.45) is 0.625. The van der Waals surface area contributed by atoms with Crippen LogP contribution in [0.5, 0.6) is 0 Å². The molecule has 102 valence electrons. The number of carbonyl (C=O) groups is 1. The van der Waals surface area contributed by atoms with Gasteiger partial charge in [-0.1, -0.05) is 25.4 Å². The second-order valence-corrected chi connectivity index (χ2v) is 5.09. The van der Waals surface area contributed by atoms with E-state index in [0.717, 1.165) is 0 Å². The Kier molecular flexibility index (Phi) is 5.65. The maximum atomic E-state index is 11.7. The van der Waals surface area contributed by atoms with E-state index in [9.17, 15) is 4.79 Å². The molecule has 0 bridgehead atoms. The number of carbonyl (C=O) groups excluding carboxylic acids is 1. The van der Waals surface area contributed by atoms with Crippen LogP contribution in [-0.4, -0.2) is 19.1 Å². The third-order valence-electron chi connectivity index (χ3n) is 2.62. The molecule has 1 N–H and O–H groups in total. The lowest BCUT2D eigenvalue weighted by Crippen LogP contribution is -2.32. The van der Waals surface area contributed by atoms with Crippen molar-refractivity contribution in [2.45, 2.75) is 26.3 Å². The SMILES string of the molecule is COC(=O)C(CC(C)C)Nc1ccc(Cl)cc1C#N. The van der Waals surface area contributed by atoms with Crippen molar-refractivity contribution >= 4 is 23.3 Å². The number of esters is 1. The quantitative estimate of drug-likeness (QED) is 0.841. The summed E-state index contributed by atoms with van der Waals surface area (Å²) >= 11 is 5.84. The van der Waals surface area contributed by atoms with E-state index < -0.39 is 6.04 Å². The molecule has 1 atom stereocenters. The van der Waals surface area contributed by atoms with Crippen molar-refractivity contribution < 1.29 is 9.53 Å². The molecule has 1 unspecified atom stereocenters. The van der Waals surface area contributed by atoms with Crippen molar-refractivity contribution in [2.75, 3.05) is 12.4 Å². The Morgan fingerprint density at radius 2 is 2.21 bits per heavy atom. The minimum absolute atomic E-state index is 0.328. The van der Waals surface area contributed by atoms with Gasteiger partial charge in [0.05, 0.1) is 18.4 Å². The van der Waals surface area contributed by atoms with Gasteiger partial charge in [0.1, 0.15) is 12.1 Å². The lowest BCUT2D eigenvalue weighted by atomic mass is 10.0. The first-order valence-electron chi connectivity index (χ1n) is 6.02. The van der Waals surface area contributed by atoms with E-state index in [2.05, 4.69) is 11.4 Å². The highest BCUT2D eigenvalue weighted by Crippen LogP contribution is 2.22. The van der Waals surface area contributed by atoms with Gasteiger partial charge in [-0.25, -0.2) is 4.79 Å². The van der Waals surface area contributed by atoms with E-state index in [1.54, 1.807) is 18.2 Å². The van der Waals surface area contributed by atoms with E-state index >= 15 is 0 Å². The van der Waals surface area contributed by atoms with Crippen molar-refractivity contribution in [1.29, 1.82) is 5.26 Å². The Balaban J connectivity index is 2.96. The fraction of sp³-hybridized carbons (Fsp3) is 0.429. The monoisotopic (exact) mass is 280 g/mol. The Morgan fingerprint density at radius 3 is 2.74 bits per heavy atom. The molecule has 5 heteroatoms. The maximum absolute atomic E-state index is 11.7. The van der Waals surface area contributed by atoms with Gasteiger partial charge in [-0.15, -0.1) is 0 Å². The molecule has 0 saturated carbocycles. The Morgan fingerprint density at radius 1 is 1.53 bits per heavy atom. The zero-order valence-electron chi connectivity index (χ0n) is 11.2. The van der Waals surface area contributed by atoms with Crippen LogP contribution in [0.1, 0.15) is 25.8 Å². The lowest BCUT2D eigenvalue weighted by Gasteiger charge is -2.20. The molecule has 1 aromatic carbocycles. The first-order valence-corrected chi connectivity index (χ1v) is 6.39. The van der Waals surface area contributed by atoms with Gasteiger partial charge >= 0.3 is 5.97 Å². The predicted octanol–water partition coefficient (Wildman–Crippen LogP) is 3.21. The van der Waals surface area contributed by atoms with Crippen LogP contribution in [-0.2, 0) is 9.53 Å². The average Bonchev–Trinajstić information content (AvgIpc) is 2.38. The Bertz CT molecular complexity index is 495. The summed E-state index contributed by atoms with van der Waals surface area (Å²) in [6, 6.07) is 6.51. The molecule has 0 fully saturated rings. The molecule has 0 aliphatic carbocycles. The standard InChI is InChI=1S/C14H17ClN2O2/c1-9(2)6-13(14(18)19-3)17-12-5-4-11(15)7-10(12)8-16/h4-5,7,9,13,17H,6H2,1-3H3. The third-order valence-corrected chi connectivity index (χ3v) is 2.86. The van der Waals surface area contributed by atoms with Gasteiger partial charge in [0, 0.05) is 5.02 Å². The molecule has 4 nitrogen and oxygen atoms in total. The number of anilines is 1. The van der Waals surface area contributed by atoms with E-state index in [0.29, 0.717) is 28.6 Å². The van der Waals surface area contributed by atoms with Gasteiger partial charge in [0.25, 0.3) is 0 Å². The maximum Gasteiger partial charge on any atom is 0.328 e. The zero-order chi connectivity index (χ0) is 14.4. The third kappa shape index (κ3) is 4.46. The van der Waals surface area contributed by atoms with Crippen LogP contribution in [0.25, 0.3) is 0 Å². The van der Waals surface area contributed by atoms with E-state index in [1.807, 2.05) is 13.8 Å². The molecule has 0 spiro atoms. The van der Waals surface area contributed by atoms with Crippen LogP contribution in [0.2, 0.25) is 5.02 Å². The molecule has 0 aliphatic heterocycles. The first-order chi connectivity index (χ1) is 8.97. The van der Waals surface area contributed by atoms with E-state index in [1.165, 1.54) is 7.11 Å². The molecule has 0 saturated heterocycles. The van der Waals surface area contributed by atoms with E-state index in [-0.39, 0.29) is 5.97 Å². The van der Waals surface area contributed by atoms with Crippen LogP contribution in [0.3, 0.4) is 0 Å². The Labute approximate surface area is 118 Å². The van der Waals surface area contributed by atoms with Crippen molar-refractivity contribution in [3.8, 4) is 6.07 Å². The van der Waals surface area contributed by atoms with Crippen LogP contribution in [0, 0.1) is 17.2 Å². The van der Waals surface area contributed by atoms with Crippen molar-refractivity contribution in [2.24, 2.45) is 5.92 Å². The number of rotatable bonds is 5. The summed E-state index contributed by atoms with van der Waals surface area (Å²) in [4.78, 5) is 11.7. The van der Waals surface area contributed by atoms with Crippen LogP contribution >= 0.6 is 11.6 Å². The summed E-state index contributed by atoms with van der Waals surface area (Å²) in [7, 11) is 1.35. The predicted molar refractivity (Wildman–Crippen MR) is 75.0 cm³/mol. The topological polar surface area (TPSA) is 62.1 Å². The number of hydrogen-bond donors (Lipinski definition) is 1. The Hall–Kier alpha value is -1.73. The molecule has 1 rings (SSSR count). The van der Waals surface area contributed by atoms with Gasteiger partial charge in [-0.05, 0) is 30.5 Å². The summed E-state index contributed by atoms with van der Waals surface area (Å²) in [5.41, 5.74) is 0.994. The van der Waals surface area contributed by atoms with Crippen LogP contribution < -0.4 is 5.32 Å². The highest BCUT2D eigenvalue weighted by atomic mass is 35.5. The van der Waals surface area contributed by atoms with Gasteiger partial charge in [-0.2, -0.15) is 5.26 Å². The number of nitriles is 1. The van der Waals surface area contributed by atoms with Gasteiger partial charge in [0.15, 0.2) is 0 Å². The van der Waals surface area contributed by atoms with Crippen LogP contribution in [0.4, 0.5) is 5.69 Å².